The van der Waals surface area contributed by atoms with E-state index in [1.165, 1.54) is 12.1 Å². The van der Waals surface area contributed by atoms with Gasteiger partial charge in [0.25, 0.3) is 0 Å². The van der Waals surface area contributed by atoms with Gasteiger partial charge in [0.15, 0.2) is 6.30 Å². The Bertz CT molecular complexity index is 1500. The number of ether oxygens (including phenoxy) is 1. The second-order valence-electron chi connectivity index (χ2n) is 9.83. The summed E-state index contributed by atoms with van der Waals surface area (Å²) >= 11 is 0. The molecule has 0 radical (unpaired) electrons. The van der Waals surface area contributed by atoms with E-state index < -0.39 is 6.30 Å². The van der Waals surface area contributed by atoms with Crippen molar-refractivity contribution in [1.29, 1.82) is 0 Å². The molecule has 1 aliphatic heterocycles. The summed E-state index contributed by atoms with van der Waals surface area (Å²) in [5.74, 6) is 1.14. The van der Waals surface area contributed by atoms with Gasteiger partial charge in [0.2, 0.25) is 5.95 Å². The molecule has 1 aromatic heterocycles. The van der Waals surface area contributed by atoms with Crippen LogP contribution in [0.5, 0.6) is 5.75 Å². The van der Waals surface area contributed by atoms with Crippen LogP contribution in [0.3, 0.4) is 0 Å². The number of anilines is 1. The van der Waals surface area contributed by atoms with Crippen LogP contribution >= 0.6 is 0 Å². The van der Waals surface area contributed by atoms with Crippen LogP contribution in [-0.2, 0) is 0 Å². The van der Waals surface area contributed by atoms with Crippen LogP contribution in [0.1, 0.15) is 49.7 Å². The number of nitrogens with zero attached hydrogens (tertiary/aromatic N) is 4. The van der Waals surface area contributed by atoms with Crippen LogP contribution < -0.4 is 9.64 Å². The third-order valence-corrected chi connectivity index (χ3v) is 6.81. The van der Waals surface area contributed by atoms with Gasteiger partial charge in [0.1, 0.15) is 17.7 Å². The summed E-state index contributed by atoms with van der Waals surface area (Å²) < 4.78 is 36.5. The summed E-state index contributed by atoms with van der Waals surface area (Å²) in [6.45, 7) is 10.7. The van der Waals surface area contributed by atoms with E-state index in [2.05, 4.69) is 16.5 Å². The zero-order valence-corrected chi connectivity index (χ0v) is 22.0. The largest absolute Gasteiger partial charge is 0.490 e. The second kappa shape index (κ2) is 10.8. The molecule has 0 aliphatic carbocycles. The third kappa shape index (κ3) is 5.32. The average Bonchev–Trinajstić information content (AvgIpc) is 3.28. The van der Waals surface area contributed by atoms with Crippen molar-refractivity contribution in [2.45, 2.75) is 46.0 Å². The van der Waals surface area contributed by atoms with Gasteiger partial charge in [-0.2, -0.15) is 0 Å². The Labute approximate surface area is 222 Å². The molecule has 1 aliphatic rings. The molecule has 3 aromatic carbocycles. The molecule has 7 heteroatoms. The number of hydrogen-bond acceptors (Lipinski definition) is 4. The molecule has 4 aromatic rings. The van der Waals surface area contributed by atoms with Gasteiger partial charge in [-0.25, -0.2) is 13.8 Å². The lowest BCUT2D eigenvalue weighted by molar-refractivity contribution is 0.169. The summed E-state index contributed by atoms with van der Waals surface area (Å²) in [4.78, 5) is 11.5. The molecule has 38 heavy (non-hydrogen) atoms. The lowest BCUT2D eigenvalue weighted by atomic mass is 9.97. The van der Waals surface area contributed by atoms with Gasteiger partial charge in [-0.3, -0.25) is 9.56 Å². The van der Waals surface area contributed by atoms with Crippen LogP contribution in [-0.4, -0.2) is 34.5 Å². The summed E-state index contributed by atoms with van der Waals surface area (Å²) in [5, 5.41) is 0. The molecule has 0 amide bonds. The van der Waals surface area contributed by atoms with Crippen molar-refractivity contribution < 1.29 is 13.5 Å². The fourth-order valence-electron chi connectivity index (χ4n) is 5.05. The lowest BCUT2D eigenvalue weighted by Gasteiger charge is -2.33. The average molecular weight is 515 g/mol. The Morgan fingerprint density at radius 1 is 1.08 bits per heavy atom. The number of imidazole rings is 1. The fourth-order valence-corrected chi connectivity index (χ4v) is 5.05. The van der Waals surface area contributed by atoms with E-state index in [0.29, 0.717) is 22.9 Å². The maximum atomic E-state index is 14.5. The molecule has 5 nitrogen and oxygen atoms in total. The van der Waals surface area contributed by atoms with Crippen molar-refractivity contribution in [3.05, 3.63) is 102 Å². The summed E-state index contributed by atoms with van der Waals surface area (Å²) in [5.41, 5.74) is 5.51. The van der Waals surface area contributed by atoms with Crippen LogP contribution in [0.4, 0.5) is 14.7 Å². The smallest absolute Gasteiger partial charge is 0.208 e. The van der Waals surface area contributed by atoms with E-state index in [1.807, 2.05) is 62.4 Å². The molecule has 1 saturated heterocycles. The minimum atomic E-state index is -1.17. The SMILES string of the molecule is C=C(C)N=C(c1cccc(F)c1)c1ccc(OC2CCN(c3nc4ccccc4n3C(C)F)CC2)cc1C. The number of para-hydroxylation sites is 2. The Morgan fingerprint density at radius 2 is 1.84 bits per heavy atom. The highest BCUT2D eigenvalue weighted by Crippen LogP contribution is 2.30. The highest BCUT2D eigenvalue weighted by atomic mass is 19.1. The van der Waals surface area contributed by atoms with Gasteiger partial charge < -0.3 is 9.64 Å². The molecule has 0 N–H and O–H groups in total. The van der Waals surface area contributed by atoms with Crippen LogP contribution in [0.25, 0.3) is 11.0 Å². The first kappa shape index (κ1) is 25.6. The van der Waals surface area contributed by atoms with Crippen molar-refractivity contribution in [2.75, 3.05) is 18.0 Å². The van der Waals surface area contributed by atoms with Crippen molar-refractivity contribution in [3.8, 4) is 5.75 Å². The molecular weight excluding hydrogens is 482 g/mol. The number of rotatable bonds is 7. The van der Waals surface area contributed by atoms with E-state index in [4.69, 9.17) is 9.72 Å². The van der Waals surface area contributed by atoms with Gasteiger partial charge >= 0.3 is 0 Å². The van der Waals surface area contributed by atoms with E-state index in [0.717, 1.165) is 53.8 Å². The van der Waals surface area contributed by atoms with Gasteiger partial charge in [0, 0.05) is 42.8 Å². The number of allylic oxidation sites excluding steroid dienone is 1. The molecule has 5 rings (SSSR count). The zero-order chi connectivity index (χ0) is 26.8. The zero-order valence-electron chi connectivity index (χ0n) is 22.0. The Morgan fingerprint density at radius 3 is 2.53 bits per heavy atom. The fraction of sp³-hybridized carbons (Fsp3) is 0.290. The van der Waals surface area contributed by atoms with Crippen LogP contribution in [0.2, 0.25) is 0 Å². The Kier molecular flexibility index (Phi) is 7.27. The number of benzene rings is 3. The third-order valence-electron chi connectivity index (χ3n) is 6.81. The summed E-state index contributed by atoms with van der Waals surface area (Å²) in [7, 11) is 0. The number of aryl methyl sites for hydroxylation is 1. The number of aromatic nitrogens is 2. The maximum Gasteiger partial charge on any atom is 0.208 e. The predicted molar refractivity (Wildman–Crippen MR) is 149 cm³/mol. The molecular formula is C31H32F2N4O. The summed E-state index contributed by atoms with van der Waals surface area (Å²) in [6.07, 6.45) is 0.481. The second-order valence-corrected chi connectivity index (χ2v) is 9.83. The standard InChI is InChI=1S/C31H32F2N4O/c1-20(2)34-30(23-8-7-9-24(33)19-23)27-13-12-26(18-21(27)3)38-25-14-16-36(17-15-25)31-35-28-10-5-6-11-29(28)37(31)22(4)32/h5-13,18-19,22,25H,1,14-17H2,2-4H3. The van der Waals surface area contributed by atoms with Gasteiger partial charge in [0.05, 0.1) is 16.7 Å². The van der Waals surface area contributed by atoms with Crippen molar-refractivity contribution in [3.63, 3.8) is 0 Å². The van der Waals surface area contributed by atoms with E-state index in [1.54, 1.807) is 17.6 Å². The van der Waals surface area contributed by atoms with Crippen molar-refractivity contribution in [1.82, 2.24) is 9.55 Å². The van der Waals surface area contributed by atoms with Crippen molar-refractivity contribution in [2.24, 2.45) is 4.99 Å². The number of halogens is 2. The van der Waals surface area contributed by atoms with Gasteiger partial charge in [-0.05, 0) is 68.8 Å². The lowest BCUT2D eigenvalue weighted by Crippen LogP contribution is -2.39. The highest BCUT2D eigenvalue weighted by molar-refractivity contribution is 6.14. The Balaban J connectivity index is 1.30. The van der Waals surface area contributed by atoms with E-state index in [9.17, 15) is 8.78 Å². The predicted octanol–water partition coefficient (Wildman–Crippen LogP) is 7.39. The van der Waals surface area contributed by atoms with Crippen LogP contribution in [0, 0.1) is 12.7 Å². The Hall–Kier alpha value is -4.00. The highest BCUT2D eigenvalue weighted by Gasteiger charge is 2.26. The van der Waals surface area contributed by atoms with Gasteiger partial charge in [-0.15, -0.1) is 0 Å². The normalized spacial score (nSPS) is 15.6. The van der Waals surface area contributed by atoms with Crippen molar-refractivity contribution >= 4 is 22.7 Å². The number of fused-ring (bicyclic) bond motifs is 1. The first-order valence-electron chi connectivity index (χ1n) is 12.9. The number of piperidine rings is 1. The number of alkyl halides is 1. The molecule has 1 atom stereocenters. The molecule has 0 bridgehead atoms. The summed E-state index contributed by atoms with van der Waals surface area (Å²) in [6, 6.07) is 20.0. The first-order chi connectivity index (χ1) is 18.3. The molecule has 1 fully saturated rings. The molecule has 0 saturated carbocycles. The number of hydrogen-bond donors (Lipinski definition) is 0. The molecule has 0 spiro atoms. The quantitative estimate of drug-likeness (QED) is 0.242. The first-order valence-corrected chi connectivity index (χ1v) is 12.9. The molecule has 1 unspecified atom stereocenters. The number of aliphatic imine (C=N–C) groups is 1. The van der Waals surface area contributed by atoms with Gasteiger partial charge in [-0.1, -0.05) is 30.8 Å². The van der Waals surface area contributed by atoms with E-state index in [-0.39, 0.29) is 11.9 Å². The van der Waals surface area contributed by atoms with Crippen LogP contribution in [0.15, 0.2) is 84.0 Å². The minimum Gasteiger partial charge on any atom is -0.490 e. The minimum absolute atomic E-state index is 0.0453. The molecule has 2 heterocycles. The molecule has 196 valence electrons. The maximum absolute atomic E-state index is 14.5. The monoisotopic (exact) mass is 514 g/mol. The topological polar surface area (TPSA) is 42.6 Å². The van der Waals surface area contributed by atoms with E-state index >= 15 is 0 Å².